The van der Waals surface area contributed by atoms with Crippen molar-refractivity contribution < 1.29 is 4.74 Å². The molecule has 19 heavy (non-hydrogen) atoms. The van der Waals surface area contributed by atoms with Crippen molar-refractivity contribution in [3.05, 3.63) is 28.2 Å². The lowest BCUT2D eigenvalue weighted by Crippen LogP contribution is -2.39. The van der Waals surface area contributed by atoms with E-state index in [2.05, 4.69) is 20.8 Å². The molecule has 1 aliphatic heterocycles. The van der Waals surface area contributed by atoms with Crippen LogP contribution in [0, 0.1) is 5.41 Å². The molecule has 104 valence electrons. The van der Waals surface area contributed by atoms with E-state index in [9.17, 15) is 0 Å². The van der Waals surface area contributed by atoms with E-state index in [1.165, 1.54) is 0 Å². The Kier molecular flexibility index (Phi) is 4.82. The van der Waals surface area contributed by atoms with Gasteiger partial charge in [0.1, 0.15) is 5.84 Å². The Hall–Kier alpha value is -1.07. The second-order valence-electron chi connectivity index (χ2n) is 4.74. The minimum Gasteiger partial charge on any atom is -0.384 e. The van der Waals surface area contributed by atoms with E-state index in [0.717, 1.165) is 48.3 Å². The predicted octanol–water partition coefficient (Wildman–Crippen LogP) is 2.74. The number of anilines is 1. The van der Waals surface area contributed by atoms with Crippen LogP contribution in [0.1, 0.15) is 25.3 Å². The number of nitrogen functional groups attached to an aromatic ring is 1. The summed E-state index contributed by atoms with van der Waals surface area (Å²) in [4.78, 5) is 2.33. The van der Waals surface area contributed by atoms with Gasteiger partial charge in [0.15, 0.2) is 0 Å². The van der Waals surface area contributed by atoms with Crippen LogP contribution < -0.4 is 10.6 Å². The first kappa shape index (κ1) is 14.3. The molecule has 3 N–H and O–H groups in total. The molecule has 0 aliphatic carbocycles. The second-order valence-corrected chi connectivity index (χ2v) is 5.60. The molecule has 1 saturated heterocycles. The van der Waals surface area contributed by atoms with Crippen LogP contribution in [0.3, 0.4) is 0 Å². The first-order chi connectivity index (χ1) is 9.11. The van der Waals surface area contributed by atoms with E-state index in [-0.39, 0.29) is 5.84 Å². The lowest BCUT2D eigenvalue weighted by molar-refractivity contribution is 0.0527. The van der Waals surface area contributed by atoms with Crippen LogP contribution in [-0.2, 0) is 4.74 Å². The normalized spacial score (nSPS) is 19.5. The van der Waals surface area contributed by atoms with Crippen molar-refractivity contribution in [2.75, 3.05) is 24.6 Å². The highest BCUT2D eigenvalue weighted by atomic mass is 79.9. The van der Waals surface area contributed by atoms with E-state index < -0.39 is 0 Å². The molecule has 1 unspecified atom stereocenters. The molecule has 1 aromatic carbocycles. The summed E-state index contributed by atoms with van der Waals surface area (Å²) in [5, 5.41) is 7.49. The molecule has 1 aromatic rings. The summed E-state index contributed by atoms with van der Waals surface area (Å²) >= 11 is 3.48. The first-order valence-corrected chi connectivity index (χ1v) is 7.41. The SMILES string of the molecule is CCOC1CCCN(c2ccc(C(=N)N)c(Br)c2)C1. The number of nitrogens with one attached hydrogen (secondary N) is 1. The average molecular weight is 326 g/mol. The van der Waals surface area contributed by atoms with Crippen LogP contribution in [0.25, 0.3) is 0 Å². The topological polar surface area (TPSA) is 62.3 Å². The van der Waals surface area contributed by atoms with Crippen LogP contribution in [0.15, 0.2) is 22.7 Å². The van der Waals surface area contributed by atoms with Gasteiger partial charge in [-0.15, -0.1) is 0 Å². The lowest BCUT2D eigenvalue weighted by Gasteiger charge is -2.34. The largest absolute Gasteiger partial charge is 0.384 e. The highest BCUT2D eigenvalue weighted by Gasteiger charge is 2.20. The zero-order valence-corrected chi connectivity index (χ0v) is 12.7. The Morgan fingerprint density at radius 2 is 2.37 bits per heavy atom. The van der Waals surface area contributed by atoms with Crippen molar-refractivity contribution in [2.24, 2.45) is 5.73 Å². The molecule has 2 rings (SSSR count). The van der Waals surface area contributed by atoms with Crippen LogP contribution in [0.4, 0.5) is 5.69 Å². The zero-order valence-electron chi connectivity index (χ0n) is 11.2. The Bertz CT molecular complexity index is 462. The molecular weight excluding hydrogens is 306 g/mol. The van der Waals surface area contributed by atoms with Gasteiger partial charge >= 0.3 is 0 Å². The minimum absolute atomic E-state index is 0.0873. The third-order valence-electron chi connectivity index (χ3n) is 3.39. The van der Waals surface area contributed by atoms with E-state index in [4.69, 9.17) is 15.9 Å². The van der Waals surface area contributed by atoms with Gasteiger partial charge in [0.05, 0.1) is 6.10 Å². The minimum atomic E-state index is 0.0873. The molecule has 0 aromatic heterocycles. The molecule has 1 fully saturated rings. The molecular formula is C14H20BrN3O. The summed E-state index contributed by atoms with van der Waals surface area (Å²) in [5.41, 5.74) is 7.42. The maximum Gasteiger partial charge on any atom is 0.123 e. The number of hydrogen-bond donors (Lipinski definition) is 2. The van der Waals surface area contributed by atoms with Gasteiger partial charge in [0, 0.05) is 35.4 Å². The number of ether oxygens (including phenoxy) is 1. The molecule has 0 amide bonds. The third kappa shape index (κ3) is 3.48. The Labute approximate surface area is 122 Å². The van der Waals surface area contributed by atoms with Crippen molar-refractivity contribution >= 4 is 27.5 Å². The van der Waals surface area contributed by atoms with Gasteiger partial charge in [-0.3, -0.25) is 5.41 Å². The summed E-state index contributed by atoms with van der Waals surface area (Å²) in [7, 11) is 0. The van der Waals surface area contributed by atoms with Gasteiger partial charge in [-0.1, -0.05) is 0 Å². The highest BCUT2D eigenvalue weighted by Crippen LogP contribution is 2.26. The lowest BCUT2D eigenvalue weighted by atomic mass is 10.1. The zero-order chi connectivity index (χ0) is 13.8. The number of halogens is 1. The summed E-state index contributed by atoms with van der Waals surface area (Å²) < 4.78 is 6.59. The molecule has 0 spiro atoms. The monoisotopic (exact) mass is 325 g/mol. The van der Waals surface area contributed by atoms with Crippen LogP contribution in [-0.4, -0.2) is 31.6 Å². The molecule has 1 heterocycles. The van der Waals surface area contributed by atoms with Crippen LogP contribution >= 0.6 is 15.9 Å². The Balaban J connectivity index is 2.13. The Morgan fingerprint density at radius 1 is 1.58 bits per heavy atom. The van der Waals surface area contributed by atoms with Gasteiger partial charge in [0.2, 0.25) is 0 Å². The van der Waals surface area contributed by atoms with Crippen molar-refractivity contribution in [3.8, 4) is 0 Å². The van der Waals surface area contributed by atoms with Crippen LogP contribution in [0.2, 0.25) is 0 Å². The number of piperidine rings is 1. The molecule has 1 aliphatic rings. The maximum atomic E-state index is 7.49. The fourth-order valence-electron chi connectivity index (χ4n) is 2.46. The highest BCUT2D eigenvalue weighted by molar-refractivity contribution is 9.10. The van der Waals surface area contributed by atoms with E-state index in [1.54, 1.807) is 0 Å². The summed E-state index contributed by atoms with van der Waals surface area (Å²) in [5.74, 6) is 0.0873. The number of nitrogens with two attached hydrogens (primary N) is 1. The standard InChI is InChI=1S/C14H20BrN3O/c1-2-19-11-4-3-7-18(9-11)10-5-6-12(14(16)17)13(15)8-10/h5-6,8,11H,2-4,7,9H2,1H3,(H3,16,17). The second kappa shape index (κ2) is 6.39. The Morgan fingerprint density at radius 3 is 3.00 bits per heavy atom. The molecule has 1 atom stereocenters. The first-order valence-electron chi connectivity index (χ1n) is 6.62. The van der Waals surface area contributed by atoms with Gasteiger partial charge in [-0.25, -0.2) is 0 Å². The fourth-order valence-corrected chi connectivity index (χ4v) is 3.04. The summed E-state index contributed by atoms with van der Waals surface area (Å²) in [6.45, 7) is 4.79. The van der Waals surface area contributed by atoms with Gasteiger partial charge in [-0.05, 0) is 53.9 Å². The molecule has 4 nitrogen and oxygen atoms in total. The van der Waals surface area contributed by atoms with Crippen LogP contribution in [0.5, 0.6) is 0 Å². The fraction of sp³-hybridized carbons (Fsp3) is 0.500. The van der Waals surface area contributed by atoms with Crippen molar-refractivity contribution in [2.45, 2.75) is 25.9 Å². The maximum absolute atomic E-state index is 7.49. The molecule has 0 radical (unpaired) electrons. The van der Waals surface area contributed by atoms with Crippen molar-refractivity contribution in [1.82, 2.24) is 0 Å². The number of hydrogen-bond acceptors (Lipinski definition) is 3. The van der Waals surface area contributed by atoms with E-state index in [1.807, 2.05) is 25.1 Å². The number of rotatable bonds is 4. The summed E-state index contributed by atoms with van der Waals surface area (Å²) in [6, 6.07) is 5.95. The van der Waals surface area contributed by atoms with Gasteiger partial charge < -0.3 is 15.4 Å². The molecule has 0 saturated carbocycles. The number of nitrogens with zero attached hydrogens (tertiary/aromatic N) is 1. The van der Waals surface area contributed by atoms with Gasteiger partial charge in [0.25, 0.3) is 0 Å². The number of benzene rings is 1. The van der Waals surface area contributed by atoms with Crippen molar-refractivity contribution in [3.63, 3.8) is 0 Å². The smallest absolute Gasteiger partial charge is 0.123 e. The average Bonchev–Trinajstić information content (AvgIpc) is 2.39. The number of amidine groups is 1. The quantitative estimate of drug-likeness (QED) is 0.661. The van der Waals surface area contributed by atoms with Crippen molar-refractivity contribution in [1.29, 1.82) is 5.41 Å². The predicted molar refractivity (Wildman–Crippen MR) is 82.0 cm³/mol. The molecule has 0 bridgehead atoms. The van der Waals surface area contributed by atoms with E-state index >= 15 is 0 Å². The van der Waals surface area contributed by atoms with E-state index in [0.29, 0.717) is 6.10 Å². The van der Waals surface area contributed by atoms with Gasteiger partial charge in [-0.2, -0.15) is 0 Å². The molecule has 5 heteroatoms. The third-order valence-corrected chi connectivity index (χ3v) is 4.04. The summed E-state index contributed by atoms with van der Waals surface area (Å²) in [6.07, 6.45) is 2.61.